The molecule has 0 saturated heterocycles. The lowest BCUT2D eigenvalue weighted by Gasteiger charge is -2.34. The van der Waals surface area contributed by atoms with E-state index < -0.39 is 0 Å². The van der Waals surface area contributed by atoms with Gasteiger partial charge in [-0.2, -0.15) is 0 Å². The Hall–Kier alpha value is -7.63. The summed E-state index contributed by atoms with van der Waals surface area (Å²) >= 11 is 0. The molecule has 56 heavy (non-hydrogen) atoms. The fourth-order valence-electron chi connectivity index (χ4n) is 8.63. The third-order valence-corrected chi connectivity index (χ3v) is 11.2. The molecule has 0 unspecified atom stereocenters. The Morgan fingerprint density at radius 1 is 0.375 bits per heavy atom. The number of rotatable bonds is 4. The zero-order valence-corrected chi connectivity index (χ0v) is 30.0. The van der Waals surface area contributed by atoms with E-state index in [1.54, 1.807) is 0 Å². The van der Waals surface area contributed by atoms with Crippen LogP contribution in [0.15, 0.2) is 186 Å². The van der Waals surface area contributed by atoms with Crippen LogP contribution in [0, 0.1) is 0 Å². The Balaban J connectivity index is 1.14. The van der Waals surface area contributed by atoms with Gasteiger partial charge in [-0.3, -0.25) is 0 Å². The van der Waals surface area contributed by atoms with Crippen molar-refractivity contribution in [1.29, 1.82) is 0 Å². The summed E-state index contributed by atoms with van der Waals surface area (Å²) in [6.45, 7) is 0. The van der Waals surface area contributed by atoms with Crippen molar-refractivity contribution in [3.8, 4) is 45.3 Å². The first kappa shape index (κ1) is 30.8. The third-order valence-electron chi connectivity index (χ3n) is 11.2. The van der Waals surface area contributed by atoms with Gasteiger partial charge in [-0.15, -0.1) is 0 Å². The van der Waals surface area contributed by atoms with E-state index in [4.69, 9.17) is 19.4 Å². The van der Waals surface area contributed by atoms with Crippen molar-refractivity contribution in [2.24, 2.45) is 0 Å². The third kappa shape index (κ3) is 4.64. The van der Waals surface area contributed by atoms with E-state index in [1.165, 1.54) is 32.7 Å². The summed E-state index contributed by atoms with van der Waals surface area (Å²) in [5.41, 5.74) is 9.98. The number of furan rings is 1. The van der Waals surface area contributed by atoms with Crippen molar-refractivity contribution in [3.05, 3.63) is 182 Å². The Kier molecular flexibility index (Phi) is 6.56. The predicted molar refractivity (Wildman–Crippen MR) is 230 cm³/mol. The van der Waals surface area contributed by atoms with Gasteiger partial charge in [0.05, 0.1) is 16.9 Å². The first-order chi connectivity index (χ1) is 27.7. The molecule has 12 rings (SSSR count). The number of fused-ring (bicyclic) bond motifs is 7. The molecule has 0 bridgehead atoms. The van der Waals surface area contributed by atoms with Gasteiger partial charge in [-0.25, -0.2) is 15.0 Å². The maximum atomic E-state index is 6.51. The maximum Gasteiger partial charge on any atom is 0.167 e. The van der Waals surface area contributed by atoms with E-state index in [0.29, 0.717) is 17.5 Å². The van der Waals surface area contributed by atoms with E-state index >= 15 is 0 Å². The SMILES string of the molecule is c1ccc(-c2nc(-c3cc(N4c5cc6ccccc6cc5-c5cccc6cccc4c56)cc4ccccc34)nc(-c3cccc4c3oc3ccccc34)n2)cc1. The lowest BCUT2D eigenvalue weighted by atomic mass is 9.89. The fraction of sp³-hybridized carbons (Fsp3) is 0. The summed E-state index contributed by atoms with van der Waals surface area (Å²) < 4.78 is 6.51. The number of hydrogen-bond acceptors (Lipinski definition) is 5. The average molecular weight is 715 g/mol. The topological polar surface area (TPSA) is 55.1 Å². The Labute approximate surface area is 321 Å². The van der Waals surface area contributed by atoms with Crippen LogP contribution in [0.1, 0.15) is 0 Å². The monoisotopic (exact) mass is 714 g/mol. The molecular weight excluding hydrogens is 685 g/mol. The van der Waals surface area contributed by atoms with Gasteiger partial charge in [0.2, 0.25) is 0 Å². The fourth-order valence-corrected chi connectivity index (χ4v) is 8.63. The molecule has 0 saturated carbocycles. The van der Waals surface area contributed by atoms with Crippen molar-refractivity contribution >= 4 is 71.3 Å². The molecule has 3 heterocycles. The highest BCUT2D eigenvalue weighted by atomic mass is 16.3. The molecule has 1 aliphatic rings. The molecule has 0 aliphatic carbocycles. The van der Waals surface area contributed by atoms with Gasteiger partial charge in [0, 0.05) is 38.5 Å². The number of nitrogens with zero attached hydrogens (tertiary/aromatic N) is 4. The average Bonchev–Trinajstić information content (AvgIpc) is 3.65. The molecule has 0 N–H and O–H groups in total. The van der Waals surface area contributed by atoms with Gasteiger partial charge in [-0.1, -0.05) is 140 Å². The first-order valence-corrected chi connectivity index (χ1v) is 18.9. The van der Waals surface area contributed by atoms with Crippen LogP contribution in [0.4, 0.5) is 17.1 Å². The van der Waals surface area contributed by atoms with Gasteiger partial charge < -0.3 is 9.32 Å². The molecule has 260 valence electrons. The van der Waals surface area contributed by atoms with Crippen LogP contribution in [-0.4, -0.2) is 15.0 Å². The normalized spacial score (nSPS) is 12.2. The number of aromatic nitrogens is 3. The predicted octanol–water partition coefficient (Wildman–Crippen LogP) is 13.7. The minimum Gasteiger partial charge on any atom is -0.455 e. The zero-order valence-electron chi connectivity index (χ0n) is 30.0. The molecule has 0 fully saturated rings. The van der Waals surface area contributed by atoms with Gasteiger partial charge >= 0.3 is 0 Å². The lowest BCUT2D eigenvalue weighted by Crippen LogP contribution is -2.15. The molecule has 5 heteroatoms. The van der Waals surface area contributed by atoms with E-state index in [9.17, 15) is 0 Å². The largest absolute Gasteiger partial charge is 0.455 e. The highest BCUT2D eigenvalue weighted by Crippen LogP contribution is 2.53. The molecule has 2 aromatic heterocycles. The molecular formula is C51H30N4O. The van der Waals surface area contributed by atoms with Gasteiger partial charge in [0.1, 0.15) is 11.2 Å². The second-order valence-electron chi connectivity index (χ2n) is 14.4. The molecule has 5 nitrogen and oxygen atoms in total. The minimum atomic E-state index is 0.557. The van der Waals surface area contributed by atoms with Gasteiger partial charge in [0.25, 0.3) is 0 Å². The van der Waals surface area contributed by atoms with Crippen LogP contribution in [0.25, 0.3) is 99.5 Å². The highest BCUT2D eigenvalue weighted by Gasteiger charge is 2.28. The van der Waals surface area contributed by atoms with E-state index in [2.05, 4.69) is 132 Å². The van der Waals surface area contributed by atoms with Crippen LogP contribution < -0.4 is 4.90 Å². The van der Waals surface area contributed by atoms with Crippen LogP contribution in [0.5, 0.6) is 0 Å². The summed E-state index contributed by atoms with van der Waals surface area (Å²) in [6.07, 6.45) is 0. The quantitative estimate of drug-likeness (QED) is 0.182. The summed E-state index contributed by atoms with van der Waals surface area (Å²) in [4.78, 5) is 18.1. The van der Waals surface area contributed by atoms with Crippen molar-refractivity contribution in [3.63, 3.8) is 0 Å². The van der Waals surface area contributed by atoms with E-state index in [-0.39, 0.29) is 0 Å². The second-order valence-corrected chi connectivity index (χ2v) is 14.4. The lowest BCUT2D eigenvalue weighted by molar-refractivity contribution is 0.669. The minimum absolute atomic E-state index is 0.557. The van der Waals surface area contributed by atoms with Crippen LogP contribution >= 0.6 is 0 Å². The number of benzene rings is 9. The van der Waals surface area contributed by atoms with Crippen LogP contribution in [0.2, 0.25) is 0 Å². The zero-order chi connectivity index (χ0) is 36.7. The molecule has 1 aliphatic heterocycles. The number of anilines is 3. The van der Waals surface area contributed by atoms with Gasteiger partial charge in [-0.05, 0) is 75.0 Å². The summed E-state index contributed by atoms with van der Waals surface area (Å²) in [5.74, 6) is 1.75. The molecule has 9 aromatic carbocycles. The molecule has 0 amide bonds. The summed E-state index contributed by atoms with van der Waals surface area (Å²) in [7, 11) is 0. The van der Waals surface area contributed by atoms with Crippen molar-refractivity contribution < 1.29 is 4.42 Å². The Morgan fingerprint density at radius 2 is 1.00 bits per heavy atom. The standard InChI is InChI=1S/C51H30N4O/c1-2-13-32(14-3-1)49-52-50(41-24-12-23-40-38-21-8-9-26-46(38)56-48(40)41)54-51(53-49)43-30-36(27-35-17-6-7-20-37(35)43)55-44-25-11-19-31-18-10-22-39(47(31)44)42-28-33-15-4-5-16-34(33)29-45(42)55/h1-30H. The van der Waals surface area contributed by atoms with Gasteiger partial charge in [0.15, 0.2) is 17.5 Å². The Bertz CT molecular complexity index is 3380. The van der Waals surface area contributed by atoms with Crippen molar-refractivity contribution in [1.82, 2.24) is 15.0 Å². The summed E-state index contributed by atoms with van der Waals surface area (Å²) in [6, 6.07) is 64.1. The smallest absolute Gasteiger partial charge is 0.167 e. The second kappa shape index (κ2) is 11.9. The molecule has 0 atom stereocenters. The number of hydrogen-bond donors (Lipinski definition) is 0. The van der Waals surface area contributed by atoms with E-state index in [0.717, 1.165) is 66.5 Å². The first-order valence-electron chi connectivity index (χ1n) is 18.9. The molecule has 0 spiro atoms. The maximum absolute atomic E-state index is 6.51. The van der Waals surface area contributed by atoms with Crippen molar-refractivity contribution in [2.45, 2.75) is 0 Å². The Morgan fingerprint density at radius 3 is 1.86 bits per heavy atom. The van der Waals surface area contributed by atoms with E-state index in [1.807, 2.05) is 54.6 Å². The number of para-hydroxylation sites is 2. The summed E-state index contributed by atoms with van der Waals surface area (Å²) in [5, 5.41) is 9.09. The van der Waals surface area contributed by atoms with Crippen LogP contribution in [-0.2, 0) is 0 Å². The highest BCUT2D eigenvalue weighted by molar-refractivity contribution is 6.16. The van der Waals surface area contributed by atoms with Crippen molar-refractivity contribution in [2.75, 3.05) is 4.90 Å². The van der Waals surface area contributed by atoms with Crippen LogP contribution in [0.3, 0.4) is 0 Å². The molecule has 11 aromatic rings. The molecule has 0 radical (unpaired) electrons.